The maximum absolute atomic E-state index is 12.3. The Morgan fingerprint density at radius 2 is 1.65 bits per heavy atom. The second-order valence-electron chi connectivity index (χ2n) is 7.03. The Labute approximate surface area is 202 Å². The molecule has 0 aliphatic carbocycles. The van der Waals surface area contributed by atoms with Crippen molar-refractivity contribution in [3.8, 4) is 17.2 Å². The van der Waals surface area contributed by atoms with Crippen LogP contribution in [0.3, 0.4) is 0 Å². The molecule has 3 aromatic carbocycles. The van der Waals surface area contributed by atoms with Gasteiger partial charge in [-0.25, -0.2) is 5.43 Å². The number of carbonyl (C=O) groups is 2. The average Bonchev–Trinajstić information content (AvgIpc) is 2.87. The molecule has 2 amide bonds. The number of nitrogens with one attached hydrogen (secondary N) is 2. The van der Waals surface area contributed by atoms with Crippen molar-refractivity contribution in [2.24, 2.45) is 5.10 Å². The van der Waals surface area contributed by atoms with E-state index in [1.54, 1.807) is 12.1 Å². The third kappa shape index (κ3) is 7.25. The van der Waals surface area contributed by atoms with Crippen molar-refractivity contribution in [1.29, 1.82) is 0 Å². The molecule has 0 aliphatic heterocycles. The predicted octanol–water partition coefficient (Wildman–Crippen LogP) is 3.82. The number of hydrogen-bond donors (Lipinski definition) is 2. The van der Waals surface area contributed by atoms with Gasteiger partial charge in [0, 0.05) is 10.6 Å². The molecule has 176 valence electrons. The summed E-state index contributed by atoms with van der Waals surface area (Å²) >= 11 is 5.88. The molecular formula is C25H24ClN3O5. The molecule has 0 bridgehead atoms. The van der Waals surface area contributed by atoms with E-state index < -0.39 is 11.8 Å². The molecule has 0 atom stereocenters. The third-order valence-electron chi connectivity index (χ3n) is 4.66. The molecule has 0 saturated carbocycles. The minimum absolute atomic E-state index is 0.234. The smallest absolute Gasteiger partial charge is 0.259 e. The summed E-state index contributed by atoms with van der Waals surface area (Å²) in [5, 5.41) is 7.12. The summed E-state index contributed by atoms with van der Waals surface area (Å²) < 4.78 is 16.1. The van der Waals surface area contributed by atoms with Crippen LogP contribution in [0.1, 0.15) is 21.5 Å². The molecule has 34 heavy (non-hydrogen) atoms. The number of carbonyl (C=O) groups excluding carboxylic acids is 2. The standard InChI is InChI=1S/C25H24ClN3O5/c1-32-22-12-7-19(13-23(22)33-2)25(31)27-15-24(30)29-28-14-17-5-10-21(11-6-17)34-16-18-3-8-20(26)9-4-18/h3-14H,15-16H2,1-2H3,(H,27,31)(H,29,30)/b28-14-. The summed E-state index contributed by atoms with van der Waals surface area (Å²) in [5.41, 5.74) is 4.50. The zero-order valence-electron chi connectivity index (χ0n) is 18.7. The summed E-state index contributed by atoms with van der Waals surface area (Å²) in [6, 6.07) is 19.4. The summed E-state index contributed by atoms with van der Waals surface area (Å²) in [4.78, 5) is 24.2. The van der Waals surface area contributed by atoms with Crippen molar-refractivity contribution in [3.05, 3.63) is 88.4 Å². The maximum atomic E-state index is 12.3. The van der Waals surface area contributed by atoms with E-state index in [4.69, 9.17) is 25.8 Å². The fourth-order valence-corrected chi connectivity index (χ4v) is 2.98. The lowest BCUT2D eigenvalue weighted by Gasteiger charge is -2.09. The van der Waals surface area contributed by atoms with Crippen LogP contribution in [0.15, 0.2) is 71.8 Å². The number of rotatable bonds is 10. The second kappa shape index (κ2) is 12.3. The monoisotopic (exact) mass is 481 g/mol. The van der Waals surface area contributed by atoms with Crippen LogP contribution in [0.4, 0.5) is 0 Å². The van der Waals surface area contributed by atoms with Gasteiger partial charge < -0.3 is 19.5 Å². The van der Waals surface area contributed by atoms with Crippen molar-refractivity contribution in [3.63, 3.8) is 0 Å². The van der Waals surface area contributed by atoms with E-state index in [-0.39, 0.29) is 6.54 Å². The molecule has 0 saturated heterocycles. The number of halogens is 1. The van der Waals surface area contributed by atoms with Gasteiger partial charge in [-0.05, 0) is 65.7 Å². The van der Waals surface area contributed by atoms with Crippen LogP contribution in [-0.4, -0.2) is 38.8 Å². The highest BCUT2D eigenvalue weighted by atomic mass is 35.5. The van der Waals surface area contributed by atoms with Crippen molar-refractivity contribution < 1.29 is 23.8 Å². The first-order valence-corrected chi connectivity index (χ1v) is 10.7. The fourth-order valence-electron chi connectivity index (χ4n) is 2.86. The third-order valence-corrected chi connectivity index (χ3v) is 4.91. The summed E-state index contributed by atoms with van der Waals surface area (Å²) in [7, 11) is 2.99. The molecule has 0 spiro atoms. The molecule has 0 aliphatic rings. The lowest BCUT2D eigenvalue weighted by molar-refractivity contribution is -0.120. The van der Waals surface area contributed by atoms with Gasteiger partial charge in [-0.1, -0.05) is 23.7 Å². The normalized spacial score (nSPS) is 10.6. The number of nitrogens with zero attached hydrogens (tertiary/aromatic N) is 1. The van der Waals surface area contributed by atoms with Gasteiger partial charge in [0.25, 0.3) is 11.8 Å². The number of hydrogen-bond acceptors (Lipinski definition) is 6. The molecule has 3 rings (SSSR count). The summed E-state index contributed by atoms with van der Waals surface area (Å²) in [6.45, 7) is 0.192. The number of ether oxygens (including phenoxy) is 3. The highest BCUT2D eigenvalue weighted by Gasteiger charge is 2.11. The van der Waals surface area contributed by atoms with Crippen LogP contribution in [0.5, 0.6) is 17.2 Å². The molecule has 0 heterocycles. The lowest BCUT2D eigenvalue weighted by Crippen LogP contribution is -2.34. The number of hydrazone groups is 1. The van der Waals surface area contributed by atoms with Crippen LogP contribution in [0.2, 0.25) is 5.02 Å². The number of methoxy groups -OCH3 is 2. The number of amides is 2. The van der Waals surface area contributed by atoms with Gasteiger partial charge in [-0.3, -0.25) is 9.59 Å². The Morgan fingerprint density at radius 3 is 2.32 bits per heavy atom. The number of benzene rings is 3. The zero-order valence-corrected chi connectivity index (χ0v) is 19.5. The van der Waals surface area contributed by atoms with Crippen LogP contribution >= 0.6 is 11.6 Å². The molecule has 8 nitrogen and oxygen atoms in total. The van der Waals surface area contributed by atoms with Gasteiger partial charge in [0.2, 0.25) is 0 Å². The summed E-state index contributed by atoms with van der Waals surface area (Å²) in [5.74, 6) is 0.745. The van der Waals surface area contributed by atoms with E-state index in [0.29, 0.717) is 34.4 Å². The Balaban J connectivity index is 1.42. The molecule has 0 aromatic heterocycles. The highest BCUT2D eigenvalue weighted by Crippen LogP contribution is 2.27. The highest BCUT2D eigenvalue weighted by molar-refractivity contribution is 6.30. The van der Waals surface area contributed by atoms with Crippen molar-refractivity contribution in [1.82, 2.24) is 10.7 Å². The first-order valence-electron chi connectivity index (χ1n) is 10.3. The molecule has 0 fully saturated rings. The molecule has 3 aromatic rings. The average molecular weight is 482 g/mol. The van der Waals surface area contributed by atoms with Crippen molar-refractivity contribution >= 4 is 29.6 Å². The Bertz CT molecular complexity index is 1150. The van der Waals surface area contributed by atoms with Crippen molar-refractivity contribution in [2.45, 2.75) is 6.61 Å². The minimum atomic E-state index is -0.465. The van der Waals surface area contributed by atoms with Gasteiger partial charge in [-0.2, -0.15) is 5.10 Å². The molecule has 2 N–H and O–H groups in total. The van der Waals surface area contributed by atoms with Gasteiger partial charge in [0.1, 0.15) is 12.4 Å². The largest absolute Gasteiger partial charge is 0.493 e. The van der Waals surface area contributed by atoms with Gasteiger partial charge in [-0.15, -0.1) is 0 Å². The maximum Gasteiger partial charge on any atom is 0.259 e. The van der Waals surface area contributed by atoms with Crippen LogP contribution in [0.25, 0.3) is 0 Å². The molecule has 0 unspecified atom stereocenters. The van der Waals surface area contributed by atoms with Gasteiger partial charge >= 0.3 is 0 Å². The topological polar surface area (TPSA) is 98.2 Å². The molecule has 9 heteroatoms. The van der Waals surface area contributed by atoms with E-state index in [2.05, 4.69) is 15.8 Å². The van der Waals surface area contributed by atoms with E-state index >= 15 is 0 Å². The fraction of sp³-hybridized carbons (Fsp3) is 0.160. The van der Waals surface area contributed by atoms with Crippen molar-refractivity contribution in [2.75, 3.05) is 20.8 Å². The SMILES string of the molecule is COc1ccc(C(=O)NCC(=O)N/N=C\c2ccc(OCc3ccc(Cl)cc3)cc2)cc1OC. The van der Waals surface area contributed by atoms with Gasteiger partial charge in [0.15, 0.2) is 11.5 Å². The van der Waals surface area contributed by atoms with E-state index in [1.807, 2.05) is 48.5 Å². The Morgan fingerprint density at radius 1 is 0.941 bits per heavy atom. The predicted molar refractivity (Wildman–Crippen MR) is 130 cm³/mol. The first kappa shape index (κ1) is 24.6. The molecule has 0 radical (unpaired) electrons. The first-order chi connectivity index (χ1) is 16.5. The van der Waals surface area contributed by atoms with Crippen LogP contribution < -0.4 is 25.0 Å². The minimum Gasteiger partial charge on any atom is -0.493 e. The second-order valence-corrected chi connectivity index (χ2v) is 7.47. The Kier molecular flexibility index (Phi) is 8.88. The zero-order chi connectivity index (χ0) is 24.3. The van der Waals surface area contributed by atoms with E-state index in [1.165, 1.54) is 26.5 Å². The van der Waals surface area contributed by atoms with Gasteiger partial charge in [0.05, 0.1) is 27.0 Å². The van der Waals surface area contributed by atoms with Crippen LogP contribution in [-0.2, 0) is 11.4 Å². The van der Waals surface area contributed by atoms with E-state index in [0.717, 1.165) is 11.1 Å². The molecular weight excluding hydrogens is 458 g/mol. The lowest BCUT2D eigenvalue weighted by atomic mass is 10.2. The van der Waals surface area contributed by atoms with Crippen LogP contribution in [0, 0.1) is 0 Å². The summed E-state index contributed by atoms with van der Waals surface area (Å²) in [6.07, 6.45) is 1.50. The Hall–Kier alpha value is -4.04. The van der Waals surface area contributed by atoms with E-state index in [9.17, 15) is 9.59 Å². The quantitative estimate of drug-likeness (QED) is 0.339.